The molecule has 6 rings (SSSR count). The van der Waals surface area contributed by atoms with Crippen molar-refractivity contribution in [3.63, 3.8) is 0 Å². The van der Waals surface area contributed by atoms with Crippen molar-refractivity contribution in [1.29, 1.82) is 0 Å². The Morgan fingerprint density at radius 1 is 0.939 bits per heavy atom. The van der Waals surface area contributed by atoms with E-state index in [0.717, 1.165) is 0 Å². The van der Waals surface area contributed by atoms with Crippen molar-refractivity contribution in [3.05, 3.63) is 25.3 Å². The molecule has 0 saturated carbocycles. The third-order valence-corrected chi connectivity index (χ3v) is 10.9. The Hall–Kier alpha value is -3.61. The van der Waals surface area contributed by atoms with Gasteiger partial charge in [0.05, 0.1) is 31.9 Å². The molecule has 4 aromatic rings. The van der Waals surface area contributed by atoms with Gasteiger partial charge < -0.3 is 61.0 Å². The van der Waals surface area contributed by atoms with E-state index in [0.29, 0.717) is 22.7 Å². The first-order valence-electron chi connectivity index (χ1n) is 14.8. The van der Waals surface area contributed by atoms with Gasteiger partial charge in [0.1, 0.15) is 71.8 Å². The molecule has 24 heteroatoms. The second-order valence-corrected chi connectivity index (χ2v) is 15.2. The summed E-state index contributed by atoms with van der Waals surface area (Å²) in [6.07, 6.45) is -2.83. The number of anilines is 2. The van der Waals surface area contributed by atoms with Gasteiger partial charge in [0, 0.05) is 0 Å². The number of hydrogen-bond donors (Lipinski definition) is 7. The molecule has 2 saturated heterocycles. The van der Waals surface area contributed by atoms with Gasteiger partial charge in [-0.25, -0.2) is 34.7 Å². The molecule has 4 aromatic heterocycles. The van der Waals surface area contributed by atoms with Crippen molar-refractivity contribution >= 4 is 58.7 Å². The van der Waals surface area contributed by atoms with Crippen LogP contribution in [0.3, 0.4) is 0 Å². The van der Waals surface area contributed by atoms with Crippen molar-refractivity contribution < 1.29 is 58.9 Å². The van der Waals surface area contributed by atoms with Gasteiger partial charge in [-0.2, -0.15) is 0 Å². The number of aliphatic hydroxyl groups excluding tert-OH is 4. The normalized spacial score (nSPS) is 29.7. The molecular formula is C25H35N11O11PS+. The zero-order valence-corrected chi connectivity index (χ0v) is 27.5. The molecule has 0 bridgehead atoms. The van der Waals surface area contributed by atoms with Crippen molar-refractivity contribution in [2.45, 2.75) is 61.5 Å². The lowest BCUT2D eigenvalue weighted by molar-refractivity contribution is -0.408. The summed E-state index contributed by atoms with van der Waals surface area (Å²) in [5.41, 5.74) is 16.4. The quantitative estimate of drug-likeness (QED) is 0.0532. The number of nitrogen functional groups attached to an aromatic ring is 2. The lowest BCUT2D eigenvalue weighted by Gasteiger charge is -2.25. The van der Waals surface area contributed by atoms with E-state index in [4.69, 9.17) is 25.5 Å². The maximum Gasteiger partial charge on any atom is 0.370 e. The number of phosphoric acid groups is 1. The Balaban J connectivity index is 0.968. The van der Waals surface area contributed by atoms with Crippen LogP contribution in [0.2, 0.25) is 0 Å². The number of quaternary nitrogens is 1. The number of rotatable bonds is 12. The average molecular weight is 729 g/mol. The standard InChI is InChI=1S/C25H34N11O11PS/c1-49(5-12-16(38)18(40)24(46-12)36-9-34-14-20(28)30-7-32-22(14)36)3-2-10(26)25(41)47-48(42,43)44-4-11-15(37)17(39)23(45-11)35-8-33-13-19(27)29-6-31-21(13)35/h6-12,15-18,23-24,37-40H,2-5,26H2,1H3,(H4-,27,28,29,30,31,32,42,43)/p+1/t10-,11+,12+,15+,16+,17+,18+,23+,24+,49?/m0/s1. The highest BCUT2D eigenvalue weighted by atomic mass is 32.2. The molecule has 0 radical (unpaired) electrons. The van der Waals surface area contributed by atoms with E-state index in [1.807, 2.05) is 6.26 Å². The van der Waals surface area contributed by atoms with Gasteiger partial charge in [-0.15, -0.1) is 0 Å². The van der Waals surface area contributed by atoms with E-state index in [1.165, 1.54) is 34.4 Å². The monoisotopic (exact) mass is 728 g/mol. The average Bonchev–Trinajstić information content (AvgIpc) is 3.82. The van der Waals surface area contributed by atoms with E-state index < -0.39 is 86.4 Å². The first kappa shape index (κ1) is 35.2. The maximum atomic E-state index is 12.6. The Morgan fingerprint density at radius 2 is 1.45 bits per heavy atom. The van der Waals surface area contributed by atoms with Gasteiger partial charge in [-0.05, 0) is 10.9 Å². The summed E-state index contributed by atoms with van der Waals surface area (Å²) in [6.45, 7) is -0.779. The molecule has 2 aliphatic rings. The van der Waals surface area contributed by atoms with E-state index >= 15 is 0 Å². The van der Waals surface area contributed by atoms with Crippen molar-refractivity contribution in [1.82, 2.24) is 39.0 Å². The second-order valence-electron chi connectivity index (χ2n) is 11.5. The molecule has 6 heterocycles. The molecule has 2 unspecified atom stereocenters. The van der Waals surface area contributed by atoms with Gasteiger partial charge in [-0.3, -0.25) is 13.7 Å². The molecule has 0 aliphatic carbocycles. The maximum absolute atomic E-state index is 12.6. The fraction of sp³-hybridized carbons (Fsp3) is 0.560. The summed E-state index contributed by atoms with van der Waals surface area (Å²) in [6, 6.07) is -1.10. The summed E-state index contributed by atoms with van der Waals surface area (Å²) >= 11 is 0. The fourth-order valence-electron chi connectivity index (χ4n) is 5.51. The zero-order valence-electron chi connectivity index (χ0n) is 25.8. The zero-order chi connectivity index (χ0) is 35.2. The van der Waals surface area contributed by atoms with Crippen LogP contribution in [-0.2, 0) is 38.8 Å². The molecule has 2 aliphatic heterocycles. The van der Waals surface area contributed by atoms with Crippen molar-refractivity contribution in [3.8, 4) is 0 Å². The first-order valence-corrected chi connectivity index (χ1v) is 18.2. The Bertz CT molecular complexity index is 1870. The lowest BCUT2D eigenvalue weighted by atomic mass is 10.1. The number of hydrogen-bond acceptors (Lipinski definition) is 19. The SMILES string of the molecule is C[S+](CC[C@H]([NH3+])C(=O)OP(=O)([O-])OC[C@H]1O[C@@H](n2cnc3c(N)ncnc32)[C@H](O)[C@@H]1O)C[C@H]1O[C@@H](n2cnc3c(N)ncnc32)[C@H](O)[C@@H]1O. The highest BCUT2D eigenvalue weighted by Gasteiger charge is 2.47. The molecule has 11 atom stereocenters. The van der Waals surface area contributed by atoms with Gasteiger partial charge in [0.2, 0.25) is 0 Å². The molecule has 0 aromatic carbocycles. The number of imidazole rings is 2. The number of phosphoric ester groups is 1. The number of nitrogens with zero attached hydrogens (tertiary/aromatic N) is 8. The largest absolute Gasteiger partial charge is 0.746 e. The minimum Gasteiger partial charge on any atom is -0.746 e. The van der Waals surface area contributed by atoms with Crippen LogP contribution >= 0.6 is 7.82 Å². The predicted octanol–water partition coefficient (Wildman–Crippen LogP) is -4.65. The fourth-order valence-corrected chi connectivity index (χ4v) is 7.95. The number of nitrogens with two attached hydrogens (primary N) is 2. The number of aromatic nitrogens is 8. The lowest BCUT2D eigenvalue weighted by Crippen LogP contribution is -2.65. The summed E-state index contributed by atoms with van der Waals surface area (Å²) in [7, 11) is -5.71. The van der Waals surface area contributed by atoms with Crippen LogP contribution < -0.4 is 22.1 Å². The van der Waals surface area contributed by atoms with Gasteiger partial charge in [0.25, 0.3) is 0 Å². The van der Waals surface area contributed by atoms with Crippen LogP contribution in [0.15, 0.2) is 25.3 Å². The Morgan fingerprint density at radius 3 is 2.00 bits per heavy atom. The summed E-state index contributed by atoms with van der Waals surface area (Å²) < 4.78 is 36.3. The van der Waals surface area contributed by atoms with Crippen LogP contribution in [-0.4, -0.2) is 132 Å². The van der Waals surface area contributed by atoms with Crippen LogP contribution in [0.25, 0.3) is 22.3 Å². The number of fused-ring (bicyclic) bond motifs is 2. The topological polar surface area (TPSA) is 342 Å². The third-order valence-electron chi connectivity index (χ3n) is 8.19. The van der Waals surface area contributed by atoms with E-state index in [-0.39, 0.29) is 29.2 Å². The number of carbonyl (C=O) groups is 1. The highest BCUT2D eigenvalue weighted by molar-refractivity contribution is 7.96. The molecule has 0 spiro atoms. The Labute approximate surface area is 279 Å². The van der Waals surface area contributed by atoms with E-state index in [2.05, 4.69) is 40.2 Å². The molecule has 11 N–H and O–H groups in total. The molecule has 22 nitrogen and oxygen atoms in total. The number of carbonyl (C=O) groups excluding carboxylic acids is 1. The summed E-state index contributed by atoms with van der Waals surface area (Å²) in [5.74, 6) is -0.219. The van der Waals surface area contributed by atoms with Crippen molar-refractivity contribution in [2.75, 3.05) is 35.8 Å². The minimum absolute atomic E-state index is 0.0855. The van der Waals surface area contributed by atoms with Gasteiger partial charge in [0.15, 0.2) is 41.4 Å². The van der Waals surface area contributed by atoms with E-state index in [1.54, 1.807) is 0 Å². The van der Waals surface area contributed by atoms with Crippen molar-refractivity contribution in [2.24, 2.45) is 0 Å². The third kappa shape index (κ3) is 7.05. The van der Waals surface area contributed by atoms with Crippen LogP contribution in [0.1, 0.15) is 18.9 Å². The molecule has 2 fully saturated rings. The van der Waals surface area contributed by atoms with Crippen LogP contribution in [0.5, 0.6) is 0 Å². The first-order chi connectivity index (χ1) is 23.3. The Kier molecular flexibility index (Phi) is 10.0. The minimum atomic E-state index is -5.24. The molecule has 266 valence electrons. The molecular weight excluding hydrogens is 693 g/mol. The van der Waals surface area contributed by atoms with Gasteiger partial charge in [-0.1, -0.05) is 0 Å². The highest BCUT2D eigenvalue weighted by Crippen LogP contribution is 2.41. The molecule has 0 amide bonds. The number of ether oxygens (including phenoxy) is 2. The smallest absolute Gasteiger partial charge is 0.370 e. The summed E-state index contributed by atoms with van der Waals surface area (Å²) in [4.78, 5) is 49.2. The van der Waals surface area contributed by atoms with Crippen LogP contribution in [0.4, 0.5) is 11.6 Å². The van der Waals surface area contributed by atoms with Crippen LogP contribution in [0, 0.1) is 0 Å². The molecule has 49 heavy (non-hydrogen) atoms. The van der Waals surface area contributed by atoms with E-state index in [9.17, 15) is 34.7 Å². The predicted molar refractivity (Wildman–Crippen MR) is 165 cm³/mol. The summed E-state index contributed by atoms with van der Waals surface area (Å²) in [5, 5.41) is 42.4. The number of aliphatic hydroxyl groups is 4. The van der Waals surface area contributed by atoms with Gasteiger partial charge >= 0.3 is 13.8 Å². The second kappa shape index (κ2) is 14.0.